The maximum Gasteiger partial charge on any atom is 0.321 e. The van der Waals surface area contributed by atoms with E-state index in [2.05, 4.69) is 27.4 Å². The second kappa shape index (κ2) is 10.0. The van der Waals surface area contributed by atoms with Gasteiger partial charge in [0.2, 0.25) is 5.91 Å². The van der Waals surface area contributed by atoms with E-state index in [1.54, 1.807) is 6.08 Å². The van der Waals surface area contributed by atoms with Crippen molar-refractivity contribution in [2.45, 2.75) is 69.3 Å². The highest BCUT2D eigenvalue weighted by Crippen LogP contribution is 2.55. The summed E-state index contributed by atoms with van der Waals surface area (Å²) >= 11 is 1.25. The van der Waals surface area contributed by atoms with Gasteiger partial charge in [0.1, 0.15) is 12.4 Å². The summed E-state index contributed by atoms with van der Waals surface area (Å²) in [5.41, 5.74) is 0.993. The van der Waals surface area contributed by atoms with Crippen LogP contribution >= 0.6 is 11.8 Å². The second-order valence-corrected chi connectivity index (χ2v) is 11.3. The van der Waals surface area contributed by atoms with Gasteiger partial charge >= 0.3 is 6.03 Å². The van der Waals surface area contributed by atoms with E-state index in [0.29, 0.717) is 17.5 Å². The van der Waals surface area contributed by atoms with Gasteiger partial charge in [-0.25, -0.2) is 4.79 Å². The van der Waals surface area contributed by atoms with E-state index in [-0.39, 0.29) is 29.8 Å². The lowest BCUT2D eigenvalue weighted by molar-refractivity contribution is -0.117. The number of aromatic nitrogens is 3. The molecule has 35 heavy (non-hydrogen) atoms. The molecule has 0 radical (unpaired) electrons. The lowest BCUT2D eigenvalue weighted by atomic mass is 9.53. The normalized spacial score (nSPS) is 26.4. The van der Waals surface area contributed by atoms with Gasteiger partial charge in [0, 0.05) is 12.1 Å². The molecule has 4 aliphatic rings. The summed E-state index contributed by atoms with van der Waals surface area (Å²) < 4.78 is 7.74. The van der Waals surface area contributed by atoms with Crippen LogP contribution in [0.25, 0.3) is 0 Å². The molecule has 0 saturated heterocycles. The Bertz CT molecular complexity index is 1080. The van der Waals surface area contributed by atoms with Gasteiger partial charge in [-0.15, -0.1) is 16.8 Å². The molecule has 0 spiro atoms. The summed E-state index contributed by atoms with van der Waals surface area (Å²) in [6, 6.07) is 7.44. The standard InChI is InChI=1S/C26H33N5O3S/c1-3-7-31-22(15-34-21-6-4-5-17(2)8-21)29-30-25(31)35-16-23(32)27-24(33)28-26-12-18-9-19(13-26)11-20(10-18)14-26/h3-6,8,18-20H,1,7,9-16H2,2H3,(H2,27,28,32,33). The molecule has 6 rings (SSSR count). The first-order valence-corrected chi connectivity index (χ1v) is 13.4. The molecule has 2 N–H and O–H groups in total. The maximum absolute atomic E-state index is 12.7. The Morgan fingerprint density at radius 1 is 1.20 bits per heavy atom. The molecule has 8 nitrogen and oxygen atoms in total. The number of urea groups is 1. The number of carbonyl (C=O) groups excluding carboxylic acids is 2. The van der Waals surface area contributed by atoms with E-state index in [1.165, 1.54) is 31.0 Å². The fourth-order valence-corrected chi connectivity index (χ4v) is 7.29. The van der Waals surface area contributed by atoms with Crippen molar-refractivity contribution in [2.24, 2.45) is 17.8 Å². The molecule has 1 aromatic heterocycles. The number of thioether (sulfide) groups is 1. The molecule has 4 bridgehead atoms. The number of amides is 3. The van der Waals surface area contributed by atoms with Crippen molar-refractivity contribution in [3.05, 3.63) is 48.3 Å². The Labute approximate surface area is 210 Å². The van der Waals surface area contributed by atoms with E-state index < -0.39 is 0 Å². The zero-order valence-corrected chi connectivity index (χ0v) is 21.0. The van der Waals surface area contributed by atoms with Gasteiger partial charge in [-0.05, 0) is 80.9 Å². The predicted molar refractivity (Wildman–Crippen MR) is 134 cm³/mol. The molecule has 0 aliphatic heterocycles. The number of carbonyl (C=O) groups is 2. The summed E-state index contributed by atoms with van der Waals surface area (Å²) in [6.45, 7) is 6.57. The highest BCUT2D eigenvalue weighted by atomic mass is 32.2. The van der Waals surface area contributed by atoms with Crippen LogP contribution < -0.4 is 15.4 Å². The lowest BCUT2D eigenvalue weighted by Gasteiger charge is -2.56. The first kappa shape index (κ1) is 23.9. The molecule has 1 aromatic carbocycles. The highest BCUT2D eigenvalue weighted by molar-refractivity contribution is 7.99. The number of aryl methyl sites for hydroxylation is 1. The van der Waals surface area contributed by atoms with Crippen LogP contribution in [0.3, 0.4) is 0 Å². The minimum absolute atomic E-state index is 0.0717. The topological polar surface area (TPSA) is 98.1 Å². The number of benzene rings is 1. The molecule has 4 aliphatic carbocycles. The van der Waals surface area contributed by atoms with Crippen LogP contribution in [0.2, 0.25) is 0 Å². The Hall–Kier alpha value is -2.81. The predicted octanol–water partition coefficient (Wildman–Crippen LogP) is 4.24. The molecule has 1 heterocycles. The monoisotopic (exact) mass is 495 g/mol. The van der Waals surface area contributed by atoms with Crippen LogP contribution in [0.5, 0.6) is 5.75 Å². The Morgan fingerprint density at radius 2 is 1.91 bits per heavy atom. The van der Waals surface area contributed by atoms with Gasteiger partial charge < -0.3 is 10.1 Å². The minimum Gasteiger partial charge on any atom is -0.486 e. The minimum atomic E-state index is -0.377. The van der Waals surface area contributed by atoms with Crippen LogP contribution in [-0.4, -0.2) is 38.0 Å². The van der Waals surface area contributed by atoms with Crippen molar-refractivity contribution in [3.63, 3.8) is 0 Å². The van der Waals surface area contributed by atoms with Gasteiger partial charge in [0.05, 0.1) is 5.75 Å². The molecular weight excluding hydrogens is 462 g/mol. The highest BCUT2D eigenvalue weighted by Gasteiger charge is 2.51. The van der Waals surface area contributed by atoms with Crippen LogP contribution in [-0.2, 0) is 17.9 Å². The van der Waals surface area contributed by atoms with E-state index in [0.717, 1.165) is 48.3 Å². The van der Waals surface area contributed by atoms with Crippen molar-refractivity contribution in [1.29, 1.82) is 0 Å². The van der Waals surface area contributed by atoms with Gasteiger partial charge in [-0.3, -0.25) is 14.7 Å². The molecule has 4 saturated carbocycles. The average Bonchev–Trinajstić information content (AvgIpc) is 3.16. The molecule has 9 heteroatoms. The van der Waals surface area contributed by atoms with Crippen molar-refractivity contribution in [3.8, 4) is 5.75 Å². The summed E-state index contributed by atoms with van der Waals surface area (Å²) in [7, 11) is 0. The first-order valence-electron chi connectivity index (χ1n) is 12.4. The number of ether oxygens (including phenoxy) is 1. The third kappa shape index (κ3) is 5.55. The van der Waals surface area contributed by atoms with Crippen LogP contribution in [0.1, 0.15) is 49.9 Å². The molecule has 4 fully saturated rings. The zero-order valence-electron chi connectivity index (χ0n) is 20.2. The van der Waals surface area contributed by atoms with Gasteiger partial charge in [-0.1, -0.05) is 30.0 Å². The largest absolute Gasteiger partial charge is 0.486 e. The lowest BCUT2D eigenvalue weighted by Crippen LogP contribution is -2.61. The fraction of sp³-hybridized carbons (Fsp3) is 0.538. The van der Waals surface area contributed by atoms with Crippen LogP contribution in [0, 0.1) is 24.7 Å². The van der Waals surface area contributed by atoms with E-state index in [4.69, 9.17) is 4.74 Å². The average molecular weight is 496 g/mol. The second-order valence-electron chi connectivity index (χ2n) is 10.4. The number of allylic oxidation sites excluding steroid dienone is 1. The summed E-state index contributed by atoms with van der Waals surface area (Å²) in [4.78, 5) is 25.2. The van der Waals surface area contributed by atoms with E-state index >= 15 is 0 Å². The molecule has 0 unspecified atom stereocenters. The van der Waals surface area contributed by atoms with Crippen LogP contribution in [0.4, 0.5) is 4.79 Å². The number of hydrogen-bond donors (Lipinski definition) is 2. The molecule has 186 valence electrons. The number of nitrogens with one attached hydrogen (secondary N) is 2. The molecule has 0 atom stereocenters. The van der Waals surface area contributed by atoms with E-state index in [9.17, 15) is 9.59 Å². The quantitative estimate of drug-likeness (QED) is 0.399. The zero-order chi connectivity index (χ0) is 24.4. The Kier molecular flexibility index (Phi) is 6.86. The van der Waals surface area contributed by atoms with Crippen molar-refractivity contribution in [1.82, 2.24) is 25.4 Å². The number of imide groups is 1. The van der Waals surface area contributed by atoms with Crippen molar-refractivity contribution in [2.75, 3.05) is 5.75 Å². The van der Waals surface area contributed by atoms with E-state index in [1.807, 2.05) is 35.8 Å². The molecule has 2 aromatic rings. The van der Waals surface area contributed by atoms with Gasteiger partial charge in [0.25, 0.3) is 0 Å². The number of rotatable bonds is 9. The number of nitrogens with zero attached hydrogens (tertiary/aromatic N) is 3. The Morgan fingerprint density at radius 3 is 2.57 bits per heavy atom. The van der Waals surface area contributed by atoms with Crippen LogP contribution in [0.15, 0.2) is 42.1 Å². The van der Waals surface area contributed by atoms with Crippen molar-refractivity contribution < 1.29 is 14.3 Å². The van der Waals surface area contributed by atoms with Gasteiger partial charge in [0.15, 0.2) is 11.0 Å². The first-order chi connectivity index (χ1) is 16.9. The Balaban J connectivity index is 1.13. The summed E-state index contributed by atoms with van der Waals surface area (Å²) in [5, 5.41) is 14.8. The molecule has 3 amide bonds. The molecular formula is C26H33N5O3S. The maximum atomic E-state index is 12.7. The summed E-state index contributed by atoms with van der Waals surface area (Å²) in [5.74, 6) is 3.32. The number of hydrogen-bond acceptors (Lipinski definition) is 6. The smallest absolute Gasteiger partial charge is 0.321 e. The third-order valence-corrected chi connectivity index (χ3v) is 8.43. The van der Waals surface area contributed by atoms with Gasteiger partial charge in [-0.2, -0.15) is 0 Å². The third-order valence-electron chi connectivity index (χ3n) is 7.46. The SMILES string of the molecule is C=CCn1c(COc2cccc(C)c2)nnc1SCC(=O)NC(=O)NC12CC3CC(CC(C3)C1)C2. The van der Waals surface area contributed by atoms with Crippen molar-refractivity contribution >= 4 is 23.7 Å². The fourth-order valence-electron chi connectivity index (χ4n) is 6.53. The summed E-state index contributed by atoms with van der Waals surface area (Å²) in [6.07, 6.45) is 8.82.